The Hall–Kier alpha value is -3.71. The molecule has 7 heteroatoms. The van der Waals surface area contributed by atoms with Crippen LogP contribution in [0.5, 0.6) is 5.75 Å². The van der Waals surface area contributed by atoms with Crippen LogP contribution in [-0.2, 0) is 22.4 Å². The number of aryl methyl sites for hydroxylation is 2. The molecule has 1 aliphatic rings. The second-order valence-corrected chi connectivity index (χ2v) is 11.9. The van der Waals surface area contributed by atoms with E-state index < -0.39 is 17.5 Å². The van der Waals surface area contributed by atoms with Gasteiger partial charge in [-0.05, 0) is 78.0 Å². The van der Waals surface area contributed by atoms with Crippen LogP contribution >= 0.6 is 0 Å². The third kappa shape index (κ3) is 12.0. The van der Waals surface area contributed by atoms with Crippen molar-refractivity contribution in [3.63, 3.8) is 0 Å². The van der Waals surface area contributed by atoms with Gasteiger partial charge in [0.2, 0.25) is 6.41 Å². The zero-order valence-electron chi connectivity index (χ0n) is 29.1. The number of hydrogen-bond acceptors (Lipinski definition) is 5. The van der Waals surface area contributed by atoms with Crippen LogP contribution < -0.4 is 10.1 Å². The van der Waals surface area contributed by atoms with Gasteiger partial charge in [-0.25, -0.2) is 4.39 Å². The number of nitrogens with zero attached hydrogens (tertiary/aromatic N) is 1. The van der Waals surface area contributed by atoms with E-state index in [0.29, 0.717) is 54.7 Å². The fourth-order valence-corrected chi connectivity index (χ4v) is 4.47. The number of carbonyl (C=O) groups is 1. The summed E-state index contributed by atoms with van der Waals surface area (Å²) in [5.41, 5.74) is 4.84. The summed E-state index contributed by atoms with van der Waals surface area (Å²) in [4.78, 5) is 15.9. The van der Waals surface area contributed by atoms with Crippen LogP contribution in [0.15, 0.2) is 70.6 Å². The lowest BCUT2D eigenvalue weighted by Gasteiger charge is -2.32. The van der Waals surface area contributed by atoms with E-state index in [9.17, 15) is 9.90 Å². The molecule has 0 aliphatic carbocycles. The molecule has 0 bridgehead atoms. The third-order valence-corrected chi connectivity index (χ3v) is 7.23. The molecule has 3 rings (SSSR count). The predicted octanol–water partition coefficient (Wildman–Crippen LogP) is 9.26. The summed E-state index contributed by atoms with van der Waals surface area (Å²) < 4.78 is 27.7. The van der Waals surface area contributed by atoms with Gasteiger partial charge in [-0.3, -0.25) is 9.79 Å². The van der Waals surface area contributed by atoms with E-state index in [0.717, 1.165) is 12.0 Å². The highest BCUT2D eigenvalue weighted by atomic mass is 19.1. The number of allylic oxidation sites excluding steroid dienone is 3. The number of amides is 1. The van der Waals surface area contributed by atoms with Crippen LogP contribution in [0.2, 0.25) is 0 Å². The summed E-state index contributed by atoms with van der Waals surface area (Å²) in [5, 5.41) is 13.2. The number of carbonyl (C=O) groups excluding carboxylic acids is 1. The molecule has 2 aromatic rings. The average molecular weight is 623 g/mol. The molecule has 6 nitrogen and oxygen atoms in total. The molecule has 1 heterocycles. The van der Waals surface area contributed by atoms with Crippen molar-refractivity contribution in [3.8, 4) is 5.75 Å². The molecule has 1 amide bonds. The first-order valence-electron chi connectivity index (χ1n) is 15.9. The average Bonchev–Trinajstić information content (AvgIpc) is 3.01. The second-order valence-electron chi connectivity index (χ2n) is 11.9. The van der Waals surface area contributed by atoms with Crippen LogP contribution in [0, 0.1) is 12.7 Å². The first-order valence-corrected chi connectivity index (χ1v) is 15.9. The van der Waals surface area contributed by atoms with Crippen molar-refractivity contribution in [1.82, 2.24) is 5.32 Å². The Labute approximate surface area is 271 Å². The van der Waals surface area contributed by atoms with Gasteiger partial charge in [-0.15, -0.1) is 0 Å². The highest BCUT2D eigenvalue weighted by Crippen LogP contribution is 2.38. The molecule has 45 heavy (non-hydrogen) atoms. The van der Waals surface area contributed by atoms with Crippen LogP contribution in [0.3, 0.4) is 0 Å². The smallest absolute Gasteiger partial charge is 0.211 e. The number of aliphatic hydroxyl groups excluding tert-OH is 1. The molecule has 0 saturated carbocycles. The van der Waals surface area contributed by atoms with Crippen LogP contribution in [0.4, 0.5) is 4.39 Å². The highest BCUT2D eigenvalue weighted by molar-refractivity contribution is 6.03. The van der Waals surface area contributed by atoms with E-state index in [1.54, 1.807) is 25.4 Å². The number of hydrogen-bond donors (Lipinski definition) is 2. The van der Waals surface area contributed by atoms with E-state index in [1.165, 1.54) is 17.5 Å². The predicted molar refractivity (Wildman–Crippen MR) is 187 cm³/mol. The Morgan fingerprint density at radius 1 is 1.16 bits per heavy atom. The van der Waals surface area contributed by atoms with Gasteiger partial charge in [0.1, 0.15) is 17.3 Å². The summed E-state index contributed by atoms with van der Waals surface area (Å²) in [7, 11) is 1.61. The minimum absolute atomic E-state index is 0.186. The molecular formula is C38H55FN2O4. The maximum atomic E-state index is 15.9. The number of benzene rings is 2. The largest absolute Gasteiger partial charge is 0.510 e. The fourth-order valence-electron chi connectivity index (χ4n) is 4.47. The molecule has 248 valence electrons. The fraction of sp³-hybridized carbons (Fsp3) is 0.474. The molecule has 0 fully saturated rings. The molecule has 1 atom stereocenters. The Bertz CT molecular complexity index is 1340. The van der Waals surface area contributed by atoms with E-state index >= 15 is 4.39 Å². The second kappa shape index (κ2) is 19.6. The lowest BCUT2D eigenvalue weighted by molar-refractivity contribution is -0.110. The SMILES string of the molecule is C=C(O)C(OC(C)(C)CC)/C(NC=O)=C(/C(C=NC)=C(C)C)c1ccc2c(c1F)CCCO2.CCC.CCc1ccc(C)cc1. The zero-order chi connectivity index (χ0) is 34.2. The normalized spacial score (nSPS) is 13.5. The van der Waals surface area contributed by atoms with Crippen molar-refractivity contribution in [2.75, 3.05) is 13.7 Å². The van der Waals surface area contributed by atoms with Crippen molar-refractivity contribution in [3.05, 3.63) is 93.7 Å². The van der Waals surface area contributed by atoms with Crippen molar-refractivity contribution in [2.45, 2.75) is 106 Å². The monoisotopic (exact) mass is 622 g/mol. The van der Waals surface area contributed by atoms with Crippen molar-refractivity contribution in [2.24, 2.45) is 4.99 Å². The Morgan fingerprint density at radius 3 is 2.27 bits per heavy atom. The number of halogens is 1. The molecule has 2 aromatic carbocycles. The third-order valence-electron chi connectivity index (χ3n) is 7.23. The van der Waals surface area contributed by atoms with Gasteiger partial charge in [0.05, 0.1) is 17.9 Å². The molecular weight excluding hydrogens is 567 g/mol. The van der Waals surface area contributed by atoms with Crippen LogP contribution in [0.25, 0.3) is 5.57 Å². The number of aliphatic hydroxyl groups is 1. The van der Waals surface area contributed by atoms with Gasteiger partial charge in [-0.1, -0.05) is 76.1 Å². The lowest BCUT2D eigenvalue weighted by Crippen LogP contribution is -2.37. The number of aliphatic imine (C=N–C) groups is 1. The Kier molecular flexibility index (Phi) is 17.1. The topological polar surface area (TPSA) is 80.2 Å². The highest BCUT2D eigenvalue weighted by Gasteiger charge is 2.32. The first kappa shape index (κ1) is 39.3. The quantitative estimate of drug-likeness (QED) is 0.113. The van der Waals surface area contributed by atoms with E-state index in [1.807, 2.05) is 34.6 Å². The first-order chi connectivity index (χ1) is 21.3. The van der Waals surface area contributed by atoms with Gasteiger partial charge in [0, 0.05) is 35.5 Å². The summed E-state index contributed by atoms with van der Waals surface area (Å²) in [6.07, 6.45) is 5.26. The lowest BCUT2D eigenvalue weighted by atomic mass is 9.88. The van der Waals surface area contributed by atoms with Crippen molar-refractivity contribution < 1.29 is 23.8 Å². The van der Waals surface area contributed by atoms with E-state index in [2.05, 4.69) is 68.8 Å². The maximum absolute atomic E-state index is 15.9. The molecule has 2 N–H and O–H groups in total. The minimum Gasteiger partial charge on any atom is -0.510 e. The Morgan fingerprint density at radius 2 is 1.78 bits per heavy atom. The summed E-state index contributed by atoms with van der Waals surface area (Å²) in [5.74, 6) is -0.226. The van der Waals surface area contributed by atoms with Gasteiger partial charge >= 0.3 is 0 Å². The molecule has 0 spiro atoms. The minimum atomic E-state index is -1.11. The van der Waals surface area contributed by atoms with Gasteiger partial charge in [0.25, 0.3) is 0 Å². The number of nitrogens with one attached hydrogen (secondary N) is 1. The van der Waals surface area contributed by atoms with Gasteiger partial charge in [-0.2, -0.15) is 0 Å². The Balaban J connectivity index is 0.000000704. The van der Waals surface area contributed by atoms with Crippen molar-refractivity contribution >= 4 is 18.2 Å². The number of fused-ring (bicyclic) bond motifs is 1. The van der Waals surface area contributed by atoms with Gasteiger partial charge < -0.3 is 19.9 Å². The molecule has 0 aromatic heterocycles. The summed E-state index contributed by atoms with van der Waals surface area (Å²) >= 11 is 0. The molecule has 0 saturated heterocycles. The zero-order valence-corrected chi connectivity index (χ0v) is 29.1. The van der Waals surface area contributed by atoms with E-state index in [4.69, 9.17) is 9.47 Å². The standard InChI is InChI=1S/C26H35FN2O4.C9H12.C3H8/c1-8-26(5,6)33-25(17(4)31)24(29-15-30)22(20(14-28-7)16(2)3)19-11-12-21-18(23(19)27)10-9-13-32-21;1-3-9-6-4-8(2)5-7-9;1-3-2/h11-12,14-15,25,31H,4,8-10,13H2,1-3,5-7H3,(H,29,30);4-7H,3H2,1-2H3;3H2,1-2H3/b24-22-,28-14?;;. The summed E-state index contributed by atoms with van der Waals surface area (Å²) in [6, 6.07) is 12.0. The maximum Gasteiger partial charge on any atom is 0.211 e. The molecule has 1 aliphatic heterocycles. The number of rotatable bonds is 11. The van der Waals surface area contributed by atoms with Gasteiger partial charge in [0.15, 0.2) is 6.10 Å². The number of ether oxygens (including phenoxy) is 2. The van der Waals surface area contributed by atoms with Crippen LogP contribution in [-0.4, -0.2) is 43.1 Å². The molecule has 1 unspecified atom stereocenters. The van der Waals surface area contributed by atoms with E-state index in [-0.39, 0.29) is 17.0 Å². The van der Waals surface area contributed by atoms with Crippen LogP contribution in [0.1, 0.15) is 96.9 Å². The summed E-state index contributed by atoms with van der Waals surface area (Å²) in [6.45, 7) is 22.2. The molecule has 0 radical (unpaired) electrons. The van der Waals surface area contributed by atoms with Crippen molar-refractivity contribution in [1.29, 1.82) is 0 Å².